The number of likely N-dealkylation sites (tertiary alicyclic amines) is 1. The Kier molecular flexibility index (Phi) is 5.71. The highest BCUT2D eigenvalue weighted by atomic mass is 16.2. The van der Waals surface area contributed by atoms with Crippen molar-refractivity contribution in [2.24, 2.45) is 0 Å². The monoisotopic (exact) mass is 314 g/mol. The number of aryl methyl sites for hydroxylation is 2. The standard InChI is InChI=1S/C20H30N2O/c1-16(18-11-10-17-8-4-5-9-19(17)14-18)21-20(23)15-22-12-6-2-3-7-13-22/h10-11,14,16H,2-9,12-13,15H2,1H3,(H,21,23). The molecule has 0 spiro atoms. The fourth-order valence-corrected chi connectivity index (χ4v) is 3.89. The van der Waals surface area contributed by atoms with Gasteiger partial charge in [0.2, 0.25) is 5.91 Å². The van der Waals surface area contributed by atoms with Gasteiger partial charge in [-0.3, -0.25) is 9.69 Å². The lowest BCUT2D eigenvalue weighted by Crippen LogP contribution is -2.38. The zero-order valence-electron chi connectivity index (χ0n) is 14.4. The van der Waals surface area contributed by atoms with Crippen LogP contribution >= 0.6 is 0 Å². The van der Waals surface area contributed by atoms with E-state index in [1.165, 1.54) is 68.1 Å². The molecule has 3 heteroatoms. The number of hydrogen-bond donors (Lipinski definition) is 1. The summed E-state index contributed by atoms with van der Waals surface area (Å²) in [6.45, 7) is 4.79. The molecule has 1 atom stereocenters. The molecule has 1 N–H and O–H groups in total. The first-order chi connectivity index (χ1) is 11.2. The van der Waals surface area contributed by atoms with E-state index in [4.69, 9.17) is 0 Å². The molecule has 1 saturated heterocycles. The second-order valence-corrected chi connectivity index (χ2v) is 7.21. The number of benzene rings is 1. The van der Waals surface area contributed by atoms with E-state index in [0.29, 0.717) is 6.54 Å². The summed E-state index contributed by atoms with van der Waals surface area (Å²) in [5.41, 5.74) is 4.24. The van der Waals surface area contributed by atoms with Crippen LogP contribution in [0.25, 0.3) is 0 Å². The largest absolute Gasteiger partial charge is 0.348 e. The first-order valence-electron chi connectivity index (χ1n) is 9.36. The number of amides is 1. The average Bonchev–Trinajstić information content (AvgIpc) is 2.83. The van der Waals surface area contributed by atoms with Crippen molar-refractivity contribution in [1.82, 2.24) is 10.2 Å². The van der Waals surface area contributed by atoms with Crippen molar-refractivity contribution in [1.29, 1.82) is 0 Å². The summed E-state index contributed by atoms with van der Waals surface area (Å²) in [7, 11) is 0. The molecule has 0 saturated carbocycles. The fourth-order valence-electron chi connectivity index (χ4n) is 3.89. The van der Waals surface area contributed by atoms with E-state index >= 15 is 0 Å². The Morgan fingerprint density at radius 1 is 1.04 bits per heavy atom. The summed E-state index contributed by atoms with van der Waals surface area (Å²) in [5.74, 6) is 0.164. The second-order valence-electron chi connectivity index (χ2n) is 7.21. The Morgan fingerprint density at radius 2 is 1.74 bits per heavy atom. The lowest BCUT2D eigenvalue weighted by atomic mass is 9.89. The number of rotatable bonds is 4. The van der Waals surface area contributed by atoms with Gasteiger partial charge >= 0.3 is 0 Å². The van der Waals surface area contributed by atoms with E-state index in [-0.39, 0.29) is 11.9 Å². The van der Waals surface area contributed by atoms with Crippen LogP contribution in [0, 0.1) is 0 Å². The van der Waals surface area contributed by atoms with Crippen LogP contribution in [0.4, 0.5) is 0 Å². The van der Waals surface area contributed by atoms with Crippen molar-refractivity contribution < 1.29 is 4.79 Å². The molecule has 1 aromatic carbocycles. The lowest BCUT2D eigenvalue weighted by molar-refractivity contribution is -0.122. The van der Waals surface area contributed by atoms with Crippen molar-refractivity contribution >= 4 is 5.91 Å². The minimum atomic E-state index is 0.0988. The molecule has 0 radical (unpaired) electrons. The van der Waals surface area contributed by atoms with Gasteiger partial charge in [-0.05, 0) is 75.2 Å². The predicted octanol–water partition coefficient (Wildman–Crippen LogP) is 3.62. The third-order valence-electron chi connectivity index (χ3n) is 5.32. The molecule has 23 heavy (non-hydrogen) atoms. The molecule has 3 nitrogen and oxygen atoms in total. The third-order valence-corrected chi connectivity index (χ3v) is 5.32. The maximum atomic E-state index is 12.3. The zero-order chi connectivity index (χ0) is 16.1. The summed E-state index contributed by atoms with van der Waals surface area (Å²) in [6.07, 6.45) is 10.1. The minimum absolute atomic E-state index is 0.0988. The summed E-state index contributed by atoms with van der Waals surface area (Å²) < 4.78 is 0. The van der Waals surface area contributed by atoms with Crippen molar-refractivity contribution in [3.8, 4) is 0 Å². The average molecular weight is 314 g/mol. The molecule has 1 aliphatic carbocycles. The quantitative estimate of drug-likeness (QED) is 0.920. The number of fused-ring (bicyclic) bond motifs is 1. The number of carbonyl (C=O) groups excluding carboxylic acids is 1. The van der Waals surface area contributed by atoms with Crippen LogP contribution < -0.4 is 5.32 Å². The van der Waals surface area contributed by atoms with Crippen LogP contribution in [0.15, 0.2) is 18.2 Å². The van der Waals surface area contributed by atoms with Gasteiger partial charge in [0.05, 0.1) is 12.6 Å². The highest BCUT2D eigenvalue weighted by Gasteiger charge is 2.16. The Balaban J connectivity index is 1.55. The van der Waals surface area contributed by atoms with Crippen LogP contribution in [0.1, 0.15) is 68.2 Å². The highest BCUT2D eigenvalue weighted by Crippen LogP contribution is 2.24. The van der Waals surface area contributed by atoms with Crippen LogP contribution in [0.2, 0.25) is 0 Å². The molecule has 2 aliphatic rings. The molecule has 1 heterocycles. The van der Waals surface area contributed by atoms with Gasteiger partial charge in [-0.15, -0.1) is 0 Å². The van der Waals surface area contributed by atoms with Crippen molar-refractivity contribution in [2.75, 3.05) is 19.6 Å². The molecule has 1 amide bonds. The smallest absolute Gasteiger partial charge is 0.234 e. The summed E-state index contributed by atoms with van der Waals surface area (Å²) >= 11 is 0. The van der Waals surface area contributed by atoms with E-state index in [1.54, 1.807) is 0 Å². The van der Waals surface area contributed by atoms with E-state index < -0.39 is 0 Å². The van der Waals surface area contributed by atoms with Crippen molar-refractivity contribution in [3.63, 3.8) is 0 Å². The Hall–Kier alpha value is -1.35. The van der Waals surface area contributed by atoms with Gasteiger partial charge in [-0.1, -0.05) is 31.0 Å². The van der Waals surface area contributed by atoms with Gasteiger partial charge < -0.3 is 5.32 Å². The maximum absolute atomic E-state index is 12.3. The molecule has 0 aromatic heterocycles. The van der Waals surface area contributed by atoms with Crippen LogP contribution in [0.3, 0.4) is 0 Å². The number of nitrogens with zero attached hydrogens (tertiary/aromatic N) is 1. The first-order valence-corrected chi connectivity index (χ1v) is 9.36. The van der Waals surface area contributed by atoms with E-state index in [2.05, 4.69) is 35.3 Å². The molecule has 126 valence electrons. The maximum Gasteiger partial charge on any atom is 0.234 e. The Morgan fingerprint density at radius 3 is 2.48 bits per heavy atom. The van der Waals surface area contributed by atoms with Crippen LogP contribution in [-0.2, 0) is 17.6 Å². The topological polar surface area (TPSA) is 32.3 Å². The van der Waals surface area contributed by atoms with Crippen molar-refractivity contribution in [2.45, 2.75) is 64.3 Å². The highest BCUT2D eigenvalue weighted by molar-refractivity contribution is 5.78. The van der Waals surface area contributed by atoms with E-state index in [0.717, 1.165) is 13.1 Å². The summed E-state index contributed by atoms with van der Waals surface area (Å²) in [5, 5.41) is 3.19. The van der Waals surface area contributed by atoms with E-state index in [1.807, 2.05) is 0 Å². The van der Waals surface area contributed by atoms with Crippen molar-refractivity contribution in [3.05, 3.63) is 34.9 Å². The first kappa shape index (κ1) is 16.5. The lowest BCUT2D eigenvalue weighted by Gasteiger charge is -2.22. The molecule has 1 unspecified atom stereocenters. The zero-order valence-corrected chi connectivity index (χ0v) is 14.4. The molecule has 3 rings (SSSR count). The van der Waals surface area contributed by atoms with Gasteiger partial charge in [0, 0.05) is 0 Å². The Bertz CT molecular complexity index is 532. The van der Waals surface area contributed by atoms with Gasteiger partial charge in [-0.25, -0.2) is 0 Å². The SMILES string of the molecule is CC(NC(=O)CN1CCCCCC1)c1ccc2c(c1)CCCC2. The van der Waals surface area contributed by atoms with Gasteiger partial charge in [0.1, 0.15) is 0 Å². The minimum Gasteiger partial charge on any atom is -0.348 e. The molecular weight excluding hydrogens is 284 g/mol. The van der Waals surface area contributed by atoms with Gasteiger partial charge in [0.25, 0.3) is 0 Å². The second kappa shape index (κ2) is 7.96. The van der Waals surface area contributed by atoms with E-state index in [9.17, 15) is 4.79 Å². The predicted molar refractivity (Wildman–Crippen MR) is 94.5 cm³/mol. The molecular formula is C20H30N2O. The normalized spacial score (nSPS) is 20.4. The number of hydrogen-bond acceptors (Lipinski definition) is 2. The molecule has 0 bridgehead atoms. The fraction of sp³-hybridized carbons (Fsp3) is 0.650. The Labute approximate surface area is 140 Å². The number of carbonyl (C=O) groups is 1. The molecule has 1 aliphatic heterocycles. The summed E-state index contributed by atoms with van der Waals surface area (Å²) in [6, 6.07) is 6.87. The van der Waals surface area contributed by atoms with Gasteiger partial charge in [-0.2, -0.15) is 0 Å². The summed E-state index contributed by atoms with van der Waals surface area (Å²) in [4.78, 5) is 14.7. The number of nitrogens with one attached hydrogen (secondary N) is 1. The molecule has 1 aromatic rings. The third kappa shape index (κ3) is 4.57. The van der Waals surface area contributed by atoms with Crippen LogP contribution in [0.5, 0.6) is 0 Å². The van der Waals surface area contributed by atoms with Gasteiger partial charge in [0.15, 0.2) is 0 Å². The van der Waals surface area contributed by atoms with Crippen LogP contribution in [-0.4, -0.2) is 30.4 Å². The molecule has 1 fully saturated rings.